The zero-order chi connectivity index (χ0) is 17.9. The molecule has 0 aliphatic carbocycles. The summed E-state index contributed by atoms with van der Waals surface area (Å²) >= 11 is 1.11. The first-order valence-corrected chi connectivity index (χ1v) is 8.96. The van der Waals surface area contributed by atoms with E-state index in [1.54, 1.807) is 7.11 Å². The van der Waals surface area contributed by atoms with Crippen LogP contribution in [0.3, 0.4) is 0 Å². The highest BCUT2D eigenvalue weighted by Crippen LogP contribution is 2.27. The Hall–Kier alpha value is -3.05. The lowest BCUT2D eigenvalue weighted by atomic mass is 10.0. The van der Waals surface area contributed by atoms with Crippen LogP contribution in [-0.4, -0.2) is 22.2 Å². The van der Waals surface area contributed by atoms with Gasteiger partial charge >= 0.3 is 0 Å². The average Bonchev–Trinajstić information content (AvgIpc) is 3.10. The molecule has 0 spiro atoms. The monoisotopic (exact) mass is 360 g/mol. The summed E-state index contributed by atoms with van der Waals surface area (Å²) in [4.78, 5) is 20.3. The number of nitrogens with one attached hydrogen (secondary N) is 1. The Kier molecular flexibility index (Phi) is 4.46. The number of benzene rings is 3. The third-order valence-corrected chi connectivity index (χ3v) is 4.89. The van der Waals surface area contributed by atoms with Crippen LogP contribution in [0, 0.1) is 0 Å². The van der Waals surface area contributed by atoms with Gasteiger partial charge < -0.3 is 9.72 Å². The van der Waals surface area contributed by atoms with Crippen LogP contribution in [-0.2, 0) is 0 Å². The molecule has 26 heavy (non-hydrogen) atoms. The van der Waals surface area contributed by atoms with Crippen molar-refractivity contribution in [2.45, 2.75) is 5.16 Å². The number of thioether (sulfide) groups is 1. The zero-order valence-corrected chi connectivity index (χ0v) is 14.9. The van der Waals surface area contributed by atoms with E-state index < -0.39 is 0 Å². The predicted molar refractivity (Wildman–Crippen MR) is 105 cm³/mol. The summed E-state index contributed by atoms with van der Waals surface area (Å²) in [5, 5.41) is 0.561. The number of aromatic amines is 1. The molecule has 5 heteroatoms. The molecule has 0 radical (unpaired) electrons. The topological polar surface area (TPSA) is 55.0 Å². The van der Waals surface area contributed by atoms with Crippen molar-refractivity contribution in [3.8, 4) is 16.9 Å². The highest BCUT2D eigenvalue weighted by atomic mass is 32.2. The van der Waals surface area contributed by atoms with Crippen molar-refractivity contribution >= 4 is 27.9 Å². The number of methoxy groups -OCH3 is 1. The SMILES string of the molecule is COc1ccc(-c2cccc(C(=O)Sc3nc4ccccc4[nH]3)c2)cc1. The maximum atomic E-state index is 12.7. The maximum Gasteiger partial charge on any atom is 0.227 e. The molecular weight excluding hydrogens is 344 g/mol. The molecule has 4 aromatic rings. The number of ether oxygens (including phenoxy) is 1. The quantitative estimate of drug-likeness (QED) is 0.510. The van der Waals surface area contributed by atoms with E-state index in [2.05, 4.69) is 9.97 Å². The second-order valence-electron chi connectivity index (χ2n) is 5.76. The first-order chi connectivity index (χ1) is 12.7. The van der Waals surface area contributed by atoms with Gasteiger partial charge in [0, 0.05) is 5.56 Å². The van der Waals surface area contributed by atoms with E-state index in [9.17, 15) is 4.79 Å². The summed E-state index contributed by atoms with van der Waals surface area (Å²) < 4.78 is 5.19. The molecule has 3 aromatic carbocycles. The number of aromatic nitrogens is 2. The Morgan fingerprint density at radius 2 is 1.77 bits per heavy atom. The molecule has 4 nitrogen and oxygen atoms in total. The van der Waals surface area contributed by atoms with E-state index in [0.29, 0.717) is 10.7 Å². The minimum absolute atomic E-state index is 0.0422. The molecule has 0 atom stereocenters. The summed E-state index contributed by atoms with van der Waals surface area (Å²) in [7, 11) is 1.64. The molecule has 0 aliphatic heterocycles. The van der Waals surface area contributed by atoms with Crippen molar-refractivity contribution in [2.75, 3.05) is 7.11 Å². The van der Waals surface area contributed by atoms with Crippen LogP contribution >= 0.6 is 11.8 Å². The number of carbonyl (C=O) groups is 1. The second-order valence-corrected chi connectivity index (χ2v) is 6.72. The smallest absolute Gasteiger partial charge is 0.227 e. The van der Waals surface area contributed by atoms with Gasteiger partial charge in [0.05, 0.1) is 18.1 Å². The summed E-state index contributed by atoms with van der Waals surface area (Å²) in [6, 6.07) is 23.1. The number of rotatable bonds is 4. The Labute approximate surface area is 155 Å². The largest absolute Gasteiger partial charge is 0.497 e. The number of hydrogen-bond donors (Lipinski definition) is 1. The first kappa shape index (κ1) is 16.4. The van der Waals surface area contributed by atoms with E-state index in [4.69, 9.17) is 4.74 Å². The maximum absolute atomic E-state index is 12.7. The molecule has 1 heterocycles. The molecule has 0 unspecified atom stereocenters. The van der Waals surface area contributed by atoms with Gasteiger partial charge in [-0.1, -0.05) is 42.5 Å². The summed E-state index contributed by atoms with van der Waals surface area (Å²) in [6.45, 7) is 0. The number of fused-ring (bicyclic) bond motifs is 1. The van der Waals surface area contributed by atoms with E-state index in [1.807, 2.05) is 72.8 Å². The molecule has 0 saturated heterocycles. The number of imidazole rings is 1. The number of H-pyrrole nitrogens is 1. The third-order valence-electron chi connectivity index (χ3n) is 4.08. The molecule has 0 saturated carbocycles. The van der Waals surface area contributed by atoms with E-state index >= 15 is 0 Å². The van der Waals surface area contributed by atoms with Crippen molar-refractivity contribution in [1.82, 2.24) is 9.97 Å². The van der Waals surface area contributed by atoms with Crippen molar-refractivity contribution in [3.63, 3.8) is 0 Å². The number of para-hydroxylation sites is 2. The molecule has 1 N–H and O–H groups in total. The van der Waals surface area contributed by atoms with E-state index in [-0.39, 0.29) is 5.12 Å². The number of nitrogens with zero attached hydrogens (tertiary/aromatic N) is 1. The minimum Gasteiger partial charge on any atom is -0.497 e. The Morgan fingerprint density at radius 1 is 0.962 bits per heavy atom. The third kappa shape index (κ3) is 3.34. The average molecular weight is 360 g/mol. The fourth-order valence-electron chi connectivity index (χ4n) is 2.73. The van der Waals surface area contributed by atoms with Crippen molar-refractivity contribution in [2.24, 2.45) is 0 Å². The first-order valence-electron chi connectivity index (χ1n) is 8.14. The number of carbonyl (C=O) groups excluding carboxylic acids is 1. The van der Waals surface area contributed by atoms with Gasteiger partial charge in [-0.3, -0.25) is 4.79 Å². The van der Waals surface area contributed by atoms with Crippen molar-refractivity contribution in [1.29, 1.82) is 0 Å². The fourth-order valence-corrected chi connectivity index (χ4v) is 3.46. The van der Waals surface area contributed by atoms with Crippen LogP contribution < -0.4 is 4.74 Å². The van der Waals surface area contributed by atoms with Crippen LogP contribution in [0.25, 0.3) is 22.2 Å². The molecule has 0 amide bonds. The molecule has 0 bridgehead atoms. The summed E-state index contributed by atoms with van der Waals surface area (Å²) in [5.74, 6) is 0.807. The van der Waals surface area contributed by atoms with Gasteiger partial charge in [0.2, 0.25) is 5.12 Å². The normalized spacial score (nSPS) is 10.8. The highest BCUT2D eigenvalue weighted by Gasteiger charge is 2.12. The van der Waals surface area contributed by atoms with Gasteiger partial charge in [0.15, 0.2) is 5.16 Å². The number of hydrogen-bond acceptors (Lipinski definition) is 4. The Balaban J connectivity index is 1.57. The summed E-state index contributed by atoms with van der Waals surface area (Å²) in [5.41, 5.74) is 4.45. The van der Waals surface area contributed by atoms with Crippen LogP contribution in [0.5, 0.6) is 5.75 Å². The lowest BCUT2D eigenvalue weighted by Crippen LogP contribution is -1.94. The Morgan fingerprint density at radius 3 is 2.54 bits per heavy atom. The molecule has 128 valence electrons. The molecular formula is C21H16N2O2S. The van der Waals surface area contributed by atoms with Gasteiger partial charge in [-0.05, 0) is 53.2 Å². The van der Waals surface area contributed by atoms with Gasteiger partial charge in [-0.25, -0.2) is 4.98 Å². The van der Waals surface area contributed by atoms with Gasteiger partial charge in [-0.15, -0.1) is 0 Å². The molecule has 1 aromatic heterocycles. The van der Waals surface area contributed by atoms with E-state index in [1.165, 1.54) is 0 Å². The highest BCUT2D eigenvalue weighted by molar-refractivity contribution is 8.14. The minimum atomic E-state index is -0.0422. The zero-order valence-electron chi connectivity index (χ0n) is 14.1. The standard InChI is InChI=1S/C21H16N2O2S/c1-25-17-11-9-14(10-12-17)15-5-4-6-16(13-15)20(24)26-21-22-18-7-2-3-8-19(18)23-21/h2-13H,1H3,(H,22,23). The summed E-state index contributed by atoms with van der Waals surface area (Å²) in [6.07, 6.45) is 0. The fraction of sp³-hybridized carbons (Fsp3) is 0.0476. The van der Waals surface area contributed by atoms with Gasteiger partial charge in [-0.2, -0.15) is 0 Å². The molecule has 4 rings (SSSR count). The van der Waals surface area contributed by atoms with Gasteiger partial charge in [0.25, 0.3) is 0 Å². The van der Waals surface area contributed by atoms with Crippen LogP contribution in [0.2, 0.25) is 0 Å². The predicted octanol–water partition coefficient (Wildman–Crippen LogP) is 5.17. The second kappa shape index (κ2) is 7.06. The van der Waals surface area contributed by atoms with Crippen LogP contribution in [0.4, 0.5) is 0 Å². The Bertz CT molecular complexity index is 1040. The lowest BCUT2D eigenvalue weighted by Gasteiger charge is -2.06. The van der Waals surface area contributed by atoms with Crippen LogP contribution in [0.1, 0.15) is 10.4 Å². The van der Waals surface area contributed by atoms with Gasteiger partial charge in [0.1, 0.15) is 5.75 Å². The molecule has 0 aliphatic rings. The van der Waals surface area contributed by atoms with Crippen molar-refractivity contribution < 1.29 is 9.53 Å². The lowest BCUT2D eigenvalue weighted by molar-refractivity contribution is 0.108. The van der Waals surface area contributed by atoms with Crippen molar-refractivity contribution in [3.05, 3.63) is 78.4 Å². The molecule has 0 fully saturated rings. The van der Waals surface area contributed by atoms with Crippen LogP contribution in [0.15, 0.2) is 78.0 Å². The van der Waals surface area contributed by atoms with E-state index in [0.717, 1.165) is 39.7 Å².